The Morgan fingerprint density at radius 1 is 1.22 bits per heavy atom. The van der Waals surface area contributed by atoms with Gasteiger partial charge in [-0.1, -0.05) is 23.8 Å². The van der Waals surface area contributed by atoms with Gasteiger partial charge in [-0.05, 0) is 37.8 Å². The summed E-state index contributed by atoms with van der Waals surface area (Å²) in [7, 11) is 2.00. The third-order valence-electron chi connectivity index (χ3n) is 3.47. The van der Waals surface area contributed by atoms with E-state index in [2.05, 4.69) is 37.0 Å². The van der Waals surface area contributed by atoms with Crippen LogP contribution >= 0.6 is 0 Å². The summed E-state index contributed by atoms with van der Waals surface area (Å²) in [6, 6.07) is 6.62. The lowest BCUT2D eigenvalue weighted by Gasteiger charge is -2.07. The van der Waals surface area contributed by atoms with Gasteiger partial charge in [0.25, 0.3) is 0 Å². The number of nitrogens with two attached hydrogens (primary N) is 1. The Morgan fingerprint density at radius 2 is 2.00 bits per heavy atom. The molecule has 0 amide bonds. The zero-order chi connectivity index (χ0) is 13.1. The van der Waals surface area contributed by atoms with Crippen molar-refractivity contribution in [3.8, 4) is 0 Å². The highest BCUT2D eigenvalue weighted by atomic mass is 15.0. The highest BCUT2D eigenvalue weighted by molar-refractivity contribution is 5.31. The molecule has 0 saturated carbocycles. The van der Waals surface area contributed by atoms with Gasteiger partial charge in [0, 0.05) is 13.6 Å². The molecule has 1 aromatic carbocycles. The Balaban J connectivity index is 2.11. The number of hydrogen-bond donors (Lipinski definition) is 1. The maximum absolute atomic E-state index is 5.75. The molecule has 0 atom stereocenters. The number of hydrogen-bond acceptors (Lipinski definition) is 2. The van der Waals surface area contributed by atoms with E-state index in [1.807, 2.05) is 17.9 Å². The van der Waals surface area contributed by atoms with Crippen molar-refractivity contribution in [3.63, 3.8) is 0 Å². The SMILES string of the molecule is Cc1ccc(CCc2ncn(C)c2CN)c(C)c1. The molecule has 0 radical (unpaired) electrons. The Hall–Kier alpha value is -1.61. The number of rotatable bonds is 4. The quantitative estimate of drug-likeness (QED) is 0.895. The van der Waals surface area contributed by atoms with Crippen molar-refractivity contribution in [1.29, 1.82) is 0 Å². The zero-order valence-electron chi connectivity index (χ0n) is 11.4. The Bertz CT molecular complexity index is 541. The lowest BCUT2D eigenvalue weighted by Crippen LogP contribution is -2.07. The van der Waals surface area contributed by atoms with Gasteiger partial charge in [0.2, 0.25) is 0 Å². The highest BCUT2D eigenvalue weighted by Gasteiger charge is 2.08. The average Bonchev–Trinajstić information content (AvgIpc) is 2.69. The molecule has 0 aliphatic heterocycles. The van der Waals surface area contributed by atoms with E-state index >= 15 is 0 Å². The normalized spacial score (nSPS) is 10.9. The smallest absolute Gasteiger partial charge is 0.0949 e. The maximum Gasteiger partial charge on any atom is 0.0949 e. The van der Waals surface area contributed by atoms with Gasteiger partial charge in [-0.25, -0.2) is 4.98 Å². The molecule has 0 fully saturated rings. The van der Waals surface area contributed by atoms with Gasteiger partial charge in [0.05, 0.1) is 17.7 Å². The molecule has 3 heteroatoms. The monoisotopic (exact) mass is 243 g/mol. The maximum atomic E-state index is 5.75. The molecule has 2 aromatic rings. The summed E-state index contributed by atoms with van der Waals surface area (Å²) in [6.07, 6.45) is 3.83. The van der Waals surface area contributed by atoms with Crippen LogP contribution in [0.1, 0.15) is 28.1 Å². The molecule has 18 heavy (non-hydrogen) atoms. The molecule has 0 spiro atoms. The fourth-order valence-corrected chi connectivity index (χ4v) is 2.35. The van der Waals surface area contributed by atoms with Crippen LogP contribution < -0.4 is 5.73 Å². The van der Waals surface area contributed by atoms with Crippen LogP contribution in [0.2, 0.25) is 0 Å². The van der Waals surface area contributed by atoms with Crippen LogP contribution in [0.25, 0.3) is 0 Å². The minimum absolute atomic E-state index is 0.554. The number of imidazole rings is 1. The number of benzene rings is 1. The predicted octanol–water partition coefficient (Wildman–Crippen LogP) is 2.28. The second kappa shape index (κ2) is 5.36. The van der Waals surface area contributed by atoms with E-state index in [-0.39, 0.29) is 0 Å². The van der Waals surface area contributed by atoms with Gasteiger partial charge in [0.15, 0.2) is 0 Å². The summed E-state index contributed by atoms with van der Waals surface area (Å²) < 4.78 is 2.01. The second-order valence-corrected chi connectivity index (χ2v) is 4.88. The summed E-state index contributed by atoms with van der Waals surface area (Å²) in [5, 5.41) is 0. The first kappa shape index (κ1) is 12.8. The number of aromatic nitrogens is 2. The van der Waals surface area contributed by atoms with Crippen molar-refractivity contribution in [1.82, 2.24) is 9.55 Å². The predicted molar refractivity (Wildman–Crippen MR) is 74.4 cm³/mol. The van der Waals surface area contributed by atoms with E-state index in [1.54, 1.807) is 0 Å². The summed E-state index contributed by atoms with van der Waals surface area (Å²) in [6.45, 7) is 4.85. The van der Waals surface area contributed by atoms with Gasteiger partial charge in [0.1, 0.15) is 0 Å². The second-order valence-electron chi connectivity index (χ2n) is 4.88. The minimum Gasteiger partial charge on any atom is -0.336 e. The number of aryl methyl sites for hydroxylation is 5. The topological polar surface area (TPSA) is 43.8 Å². The lowest BCUT2D eigenvalue weighted by molar-refractivity contribution is 0.800. The van der Waals surface area contributed by atoms with Crippen molar-refractivity contribution >= 4 is 0 Å². The van der Waals surface area contributed by atoms with Crippen molar-refractivity contribution in [2.75, 3.05) is 0 Å². The van der Waals surface area contributed by atoms with Gasteiger partial charge in [-0.3, -0.25) is 0 Å². The molecule has 2 rings (SSSR count). The van der Waals surface area contributed by atoms with E-state index in [9.17, 15) is 0 Å². The molecule has 0 bridgehead atoms. The molecular weight excluding hydrogens is 222 g/mol. The number of nitrogens with zero attached hydrogens (tertiary/aromatic N) is 2. The summed E-state index contributed by atoms with van der Waals surface area (Å²) in [4.78, 5) is 4.43. The van der Waals surface area contributed by atoms with Crippen molar-refractivity contribution in [2.45, 2.75) is 33.2 Å². The minimum atomic E-state index is 0.554. The fourth-order valence-electron chi connectivity index (χ4n) is 2.35. The Kier molecular flexibility index (Phi) is 3.82. The molecular formula is C15H21N3. The first-order chi connectivity index (χ1) is 8.61. The van der Waals surface area contributed by atoms with Crippen LogP contribution in [0.5, 0.6) is 0 Å². The largest absolute Gasteiger partial charge is 0.336 e. The van der Waals surface area contributed by atoms with Gasteiger partial charge in [-0.15, -0.1) is 0 Å². The molecule has 0 aliphatic carbocycles. The third kappa shape index (κ3) is 2.62. The van der Waals surface area contributed by atoms with Crippen molar-refractivity contribution in [2.24, 2.45) is 12.8 Å². The lowest BCUT2D eigenvalue weighted by atomic mass is 10.0. The molecule has 0 unspecified atom stereocenters. The van der Waals surface area contributed by atoms with Crippen molar-refractivity contribution < 1.29 is 0 Å². The van der Waals surface area contributed by atoms with E-state index in [0.717, 1.165) is 24.2 Å². The van der Waals surface area contributed by atoms with Crippen LogP contribution in [-0.2, 0) is 26.4 Å². The van der Waals surface area contributed by atoms with E-state index in [1.165, 1.54) is 16.7 Å². The molecule has 1 heterocycles. The fraction of sp³-hybridized carbons (Fsp3) is 0.400. The van der Waals surface area contributed by atoms with Gasteiger partial charge in [-0.2, -0.15) is 0 Å². The first-order valence-corrected chi connectivity index (χ1v) is 6.37. The standard InChI is InChI=1S/C15H21N3/c1-11-4-5-13(12(2)8-11)6-7-14-15(9-16)18(3)10-17-14/h4-5,8,10H,6-7,9,16H2,1-3H3. The summed E-state index contributed by atoms with van der Waals surface area (Å²) >= 11 is 0. The molecule has 3 nitrogen and oxygen atoms in total. The molecule has 1 aromatic heterocycles. The molecule has 0 aliphatic rings. The molecule has 96 valence electrons. The van der Waals surface area contributed by atoms with E-state index in [4.69, 9.17) is 5.73 Å². The summed E-state index contributed by atoms with van der Waals surface area (Å²) in [5.74, 6) is 0. The highest BCUT2D eigenvalue weighted by Crippen LogP contribution is 2.14. The molecule has 2 N–H and O–H groups in total. The third-order valence-corrected chi connectivity index (χ3v) is 3.47. The average molecular weight is 243 g/mol. The summed E-state index contributed by atoms with van der Waals surface area (Å²) in [5.41, 5.74) is 12.1. The van der Waals surface area contributed by atoms with Crippen LogP contribution in [0.3, 0.4) is 0 Å². The Labute approximate surface area is 109 Å². The first-order valence-electron chi connectivity index (χ1n) is 6.37. The van der Waals surface area contributed by atoms with Crippen molar-refractivity contribution in [3.05, 3.63) is 52.6 Å². The van der Waals surface area contributed by atoms with E-state index < -0.39 is 0 Å². The molecule has 0 saturated heterocycles. The van der Waals surface area contributed by atoms with Crippen LogP contribution in [0, 0.1) is 13.8 Å². The van der Waals surface area contributed by atoms with Crippen LogP contribution in [-0.4, -0.2) is 9.55 Å². The Morgan fingerprint density at radius 3 is 2.67 bits per heavy atom. The van der Waals surface area contributed by atoms with E-state index in [0.29, 0.717) is 6.54 Å². The van der Waals surface area contributed by atoms with Crippen LogP contribution in [0.4, 0.5) is 0 Å². The van der Waals surface area contributed by atoms with Gasteiger partial charge < -0.3 is 10.3 Å². The van der Waals surface area contributed by atoms with Gasteiger partial charge >= 0.3 is 0 Å². The van der Waals surface area contributed by atoms with Crippen LogP contribution in [0.15, 0.2) is 24.5 Å². The zero-order valence-corrected chi connectivity index (χ0v) is 11.4.